The molecule has 0 amide bonds. The minimum Gasteiger partial charge on any atom is -0.331 e. The number of hydrogen-bond acceptors (Lipinski definition) is 2. The molecule has 0 N–H and O–H groups in total. The van der Waals surface area contributed by atoms with Crippen molar-refractivity contribution in [3.05, 3.63) is 291 Å². The van der Waals surface area contributed by atoms with E-state index in [0.29, 0.717) is 0 Å². The molecule has 0 fully saturated rings. The van der Waals surface area contributed by atoms with Crippen molar-refractivity contribution >= 4 is 55.1 Å². The van der Waals surface area contributed by atoms with Gasteiger partial charge >= 0.3 is 0 Å². The van der Waals surface area contributed by atoms with E-state index in [0.717, 1.165) is 22.7 Å². The van der Waals surface area contributed by atoms with E-state index < -0.39 is 0 Å². The maximum Gasteiger partial charge on any atom is 0.0712 e. The normalized spacial score (nSPS) is 13.5. The molecule has 2 nitrogen and oxygen atoms in total. The Balaban J connectivity index is 0.894. The Labute approximate surface area is 410 Å². The number of benzene rings is 10. The molecule has 10 aromatic rings. The lowest BCUT2D eigenvalue weighted by atomic mass is 9.85. The van der Waals surface area contributed by atoms with Crippen molar-refractivity contribution in [2.45, 2.75) is 12.1 Å². The van der Waals surface area contributed by atoms with Crippen LogP contribution in [0.3, 0.4) is 0 Å². The maximum atomic E-state index is 2.40. The van der Waals surface area contributed by atoms with E-state index in [1.807, 2.05) is 0 Å². The number of allylic oxidation sites excluding steroid dienone is 8. The molecule has 70 heavy (non-hydrogen) atoms. The predicted octanol–water partition coefficient (Wildman–Crippen LogP) is 18.2. The first-order valence-electron chi connectivity index (χ1n) is 24.2. The molecule has 0 saturated heterocycles. The molecule has 2 aliphatic rings. The Morgan fingerprint density at radius 3 is 0.886 bits per heavy atom. The molecule has 332 valence electrons. The lowest BCUT2D eigenvalue weighted by molar-refractivity contribution is 0.944. The number of fused-ring (bicyclic) bond motifs is 5. The second-order valence-electron chi connectivity index (χ2n) is 18.0. The highest BCUT2D eigenvalue weighted by Crippen LogP contribution is 2.45. The topological polar surface area (TPSA) is 6.48 Å². The summed E-state index contributed by atoms with van der Waals surface area (Å²) in [6, 6.07) is 80.4. The Hall–Kier alpha value is -8.98. The summed E-state index contributed by atoms with van der Waals surface area (Å²) in [5, 5.41) is 7.52. The lowest BCUT2D eigenvalue weighted by Gasteiger charge is -2.30. The number of rotatable bonds is 10. The average molecular weight is 895 g/mol. The van der Waals surface area contributed by atoms with Gasteiger partial charge in [0.2, 0.25) is 0 Å². The largest absolute Gasteiger partial charge is 0.331 e. The summed E-state index contributed by atoms with van der Waals surface area (Å²) in [7, 11) is 0. The van der Waals surface area contributed by atoms with Crippen LogP contribution in [0.2, 0.25) is 0 Å². The van der Waals surface area contributed by atoms with Gasteiger partial charge in [0.15, 0.2) is 0 Å². The van der Waals surface area contributed by atoms with Crippen LogP contribution in [0.1, 0.15) is 0 Å². The third-order valence-corrected chi connectivity index (χ3v) is 13.8. The Bertz CT molecular complexity index is 3390. The summed E-state index contributed by atoms with van der Waals surface area (Å²) < 4.78 is 0. The van der Waals surface area contributed by atoms with Gasteiger partial charge in [-0.05, 0) is 137 Å². The van der Waals surface area contributed by atoms with E-state index in [2.05, 4.69) is 301 Å². The molecule has 0 atom stereocenters. The Morgan fingerprint density at radius 2 is 0.529 bits per heavy atom. The fourth-order valence-electron chi connectivity index (χ4n) is 10.4. The lowest BCUT2D eigenvalue weighted by Crippen LogP contribution is -2.27. The summed E-state index contributed by atoms with van der Waals surface area (Å²) in [6.07, 6.45) is 25.8. The minimum absolute atomic E-state index is 0.0986. The molecule has 0 radical (unpaired) electrons. The second-order valence-corrected chi connectivity index (χ2v) is 18.0. The minimum atomic E-state index is 0.0986. The molecule has 0 aliphatic heterocycles. The third kappa shape index (κ3) is 8.27. The van der Waals surface area contributed by atoms with Crippen LogP contribution in [0.15, 0.2) is 291 Å². The van der Waals surface area contributed by atoms with Gasteiger partial charge in [-0.2, -0.15) is 0 Å². The summed E-state index contributed by atoms with van der Waals surface area (Å²) in [6.45, 7) is 0. The molecule has 0 spiro atoms. The molecular weight excluding hydrogens is 845 g/mol. The smallest absolute Gasteiger partial charge is 0.0712 e. The summed E-state index contributed by atoms with van der Waals surface area (Å²) in [5.41, 5.74) is 14.2. The first-order chi connectivity index (χ1) is 34.7. The van der Waals surface area contributed by atoms with Gasteiger partial charge in [-0.1, -0.05) is 231 Å². The summed E-state index contributed by atoms with van der Waals surface area (Å²) >= 11 is 0. The average Bonchev–Trinajstić information content (AvgIpc) is 3.88. The SMILES string of the molecule is C1=CC=CC(N(c2ccccc2)c2ccc(-c3ccc(-c4cc5ccccc5c5c(-c6ccc(-c7ccc(N(c8ccccc8)C8C=CC=CC=C8)cc7)cc6)cc6ccccc6c45)cc3)cc2)C=C1. The van der Waals surface area contributed by atoms with Crippen LogP contribution >= 0.6 is 0 Å². The van der Waals surface area contributed by atoms with E-state index in [1.165, 1.54) is 76.8 Å². The molecule has 0 aromatic heterocycles. The molecule has 10 aromatic carbocycles. The van der Waals surface area contributed by atoms with E-state index in [1.54, 1.807) is 0 Å². The maximum absolute atomic E-state index is 2.40. The third-order valence-electron chi connectivity index (χ3n) is 13.8. The number of para-hydroxylation sites is 2. The van der Waals surface area contributed by atoms with Gasteiger partial charge < -0.3 is 9.80 Å². The number of nitrogens with zero attached hydrogens (tertiary/aromatic N) is 2. The fourth-order valence-corrected chi connectivity index (χ4v) is 10.4. The highest BCUT2D eigenvalue weighted by atomic mass is 15.2. The highest BCUT2D eigenvalue weighted by molar-refractivity contribution is 6.27. The Kier molecular flexibility index (Phi) is 11.5. The monoisotopic (exact) mass is 894 g/mol. The van der Waals surface area contributed by atoms with Crippen molar-refractivity contribution in [2.75, 3.05) is 9.80 Å². The first kappa shape index (κ1) is 42.4. The zero-order valence-corrected chi connectivity index (χ0v) is 38.8. The molecule has 0 saturated carbocycles. The van der Waals surface area contributed by atoms with Gasteiger partial charge in [0.25, 0.3) is 0 Å². The van der Waals surface area contributed by atoms with Crippen LogP contribution in [-0.2, 0) is 0 Å². The summed E-state index contributed by atoms with van der Waals surface area (Å²) in [5.74, 6) is 0. The zero-order chi connectivity index (χ0) is 46.6. The van der Waals surface area contributed by atoms with Crippen LogP contribution in [0.5, 0.6) is 0 Å². The van der Waals surface area contributed by atoms with Gasteiger partial charge in [-0.25, -0.2) is 0 Å². The van der Waals surface area contributed by atoms with Gasteiger partial charge in [0.1, 0.15) is 0 Å². The van der Waals surface area contributed by atoms with E-state index in [-0.39, 0.29) is 12.1 Å². The van der Waals surface area contributed by atoms with Crippen molar-refractivity contribution in [2.24, 2.45) is 0 Å². The van der Waals surface area contributed by atoms with Crippen LogP contribution in [0, 0.1) is 0 Å². The quantitative estimate of drug-likeness (QED) is 0.126. The number of hydrogen-bond donors (Lipinski definition) is 0. The van der Waals surface area contributed by atoms with Crippen molar-refractivity contribution < 1.29 is 0 Å². The van der Waals surface area contributed by atoms with Crippen LogP contribution < -0.4 is 9.80 Å². The van der Waals surface area contributed by atoms with E-state index in [9.17, 15) is 0 Å². The zero-order valence-electron chi connectivity index (χ0n) is 38.8. The van der Waals surface area contributed by atoms with E-state index >= 15 is 0 Å². The highest BCUT2D eigenvalue weighted by Gasteiger charge is 2.20. The van der Waals surface area contributed by atoms with Gasteiger partial charge in [-0.3, -0.25) is 0 Å². The molecular formula is C68H50N2. The second kappa shape index (κ2) is 19.0. The molecule has 0 unspecified atom stereocenters. The summed E-state index contributed by atoms with van der Waals surface area (Å²) in [4.78, 5) is 4.77. The van der Waals surface area contributed by atoms with Crippen LogP contribution in [-0.4, -0.2) is 12.1 Å². The number of anilines is 4. The van der Waals surface area contributed by atoms with E-state index in [4.69, 9.17) is 0 Å². The first-order valence-corrected chi connectivity index (χ1v) is 24.2. The van der Waals surface area contributed by atoms with Gasteiger partial charge in [0.05, 0.1) is 12.1 Å². The van der Waals surface area contributed by atoms with Crippen LogP contribution in [0.4, 0.5) is 22.7 Å². The van der Waals surface area contributed by atoms with Gasteiger partial charge in [-0.15, -0.1) is 0 Å². The molecule has 0 heterocycles. The fraction of sp³-hybridized carbons (Fsp3) is 0.0294. The van der Waals surface area contributed by atoms with Crippen molar-refractivity contribution in [1.82, 2.24) is 0 Å². The molecule has 12 rings (SSSR count). The molecule has 2 heteroatoms. The molecule has 2 aliphatic carbocycles. The van der Waals surface area contributed by atoms with Crippen LogP contribution in [0.25, 0.3) is 76.8 Å². The molecule has 0 bridgehead atoms. The van der Waals surface area contributed by atoms with Crippen molar-refractivity contribution in [1.29, 1.82) is 0 Å². The van der Waals surface area contributed by atoms with Crippen molar-refractivity contribution in [3.63, 3.8) is 0 Å². The Morgan fingerprint density at radius 1 is 0.243 bits per heavy atom. The predicted molar refractivity (Wildman–Crippen MR) is 300 cm³/mol. The van der Waals surface area contributed by atoms with Crippen molar-refractivity contribution in [3.8, 4) is 44.5 Å². The standard InChI is InChI=1S/C68H50N2/c1-2-8-22-57(21-7-1)69(59-25-11-5-12-26-59)61-43-39-51(40-44-61)49-31-35-53(36-32-49)65-47-55-19-15-18-30-64(55)68-66(48-56-20-16-17-29-63(56)67(65)68)54-37-33-50(34-38-54)52-41-45-62(46-42-52)70(60-27-13-6-14-28-60)58-23-9-3-4-10-24-58/h1-48,57-58H. The van der Waals surface area contributed by atoms with Gasteiger partial charge in [0, 0.05) is 22.7 Å².